The average molecular weight is 220 g/mol. The van der Waals surface area contributed by atoms with E-state index >= 15 is 0 Å². The van der Waals surface area contributed by atoms with Crippen molar-refractivity contribution in [2.45, 2.75) is 52.6 Å². The molecule has 1 N–H and O–H groups in total. The van der Waals surface area contributed by atoms with Crippen LogP contribution in [0.4, 0.5) is 0 Å². The molecule has 0 amide bonds. The molecule has 0 spiro atoms. The van der Waals surface area contributed by atoms with E-state index in [4.69, 9.17) is 0 Å². The maximum absolute atomic E-state index is 10.1. The van der Waals surface area contributed by atoms with Crippen molar-refractivity contribution in [1.82, 2.24) is 0 Å². The highest BCUT2D eigenvalue weighted by Crippen LogP contribution is 2.45. The molecule has 2 aliphatic rings. The predicted molar refractivity (Wildman–Crippen MR) is 68.1 cm³/mol. The molecule has 0 aromatic carbocycles. The first kappa shape index (κ1) is 11.9. The van der Waals surface area contributed by atoms with Crippen LogP contribution in [0.2, 0.25) is 0 Å². The zero-order chi connectivity index (χ0) is 11.9. The second-order valence-electron chi connectivity index (χ2n) is 5.86. The highest BCUT2D eigenvalue weighted by Gasteiger charge is 2.35. The summed E-state index contributed by atoms with van der Waals surface area (Å²) in [7, 11) is 0. The van der Waals surface area contributed by atoms with E-state index in [1.165, 1.54) is 24.0 Å². The highest BCUT2D eigenvalue weighted by atomic mass is 16.3. The molecule has 0 aliphatic heterocycles. The van der Waals surface area contributed by atoms with Gasteiger partial charge in [-0.15, -0.1) is 0 Å². The van der Waals surface area contributed by atoms with Crippen molar-refractivity contribution in [2.24, 2.45) is 17.8 Å². The molecule has 0 aromatic heterocycles. The van der Waals surface area contributed by atoms with Gasteiger partial charge in [-0.3, -0.25) is 0 Å². The number of aliphatic hydroxyl groups excluding tert-OH is 1. The third-order valence-electron chi connectivity index (χ3n) is 4.54. The van der Waals surface area contributed by atoms with Crippen molar-refractivity contribution >= 4 is 0 Å². The molecule has 16 heavy (non-hydrogen) atoms. The SMILES string of the molecule is C=C(C)[C@@H]1CC[C@H](C)C2=C(C1)[C@@H](C)CC2O. The lowest BCUT2D eigenvalue weighted by atomic mass is 9.87. The first-order chi connectivity index (χ1) is 7.50. The summed E-state index contributed by atoms with van der Waals surface area (Å²) in [4.78, 5) is 0. The summed E-state index contributed by atoms with van der Waals surface area (Å²) in [5, 5.41) is 10.1. The minimum absolute atomic E-state index is 0.163. The van der Waals surface area contributed by atoms with Crippen LogP contribution >= 0.6 is 0 Å². The molecule has 0 heterocycles. The molecule has 1 nitrogen and oxygen atoms in total. The maximum Gasteiger partial charge on any atom is 0.0761 e. The average Bonchev–Trinajstić information content (AvgIpc) is 2.39. The molecule has 2 aliphatic carbocycles. The lowest BCUT2D eigenvalue weighted by Crippen LogP contribution is -2.12. The summed E-state index contributed by atoms with van der Waals surface area (Å²) < 4.78 is 0. The first-order valence-corrected chi connectivity index (χ1v) is 6.57. The molecule has 0 saturated heterocycles. The normalized spacial score (nSPS) is 39.5. The largest absolute Gasteiger partial charge is 0.389 e. The third-order valence-corrected chi connectivity index (χ3v) is 4.54. The summed E-state index contributed by atoms with van der Waals surface area (Å²) in [6.07, 6.45) is 4.37. The highest BCUT2D eigenvalue weighted by molar-refractivity contribution is 5.31. The van der Waals surface area contributed by atoms with Crippen molar-refractivity contribution < 1.29 is 5.11 Å². The van der Waals surface area contributed by atoms with Crippen LogP contribution in [-0.2, 0) is 0 Å². The summed E-state index contributed by atoms with van der Waals surface area (Å²) in [5.74, 6) is 1.79. The predicted octanol–water partition coefficient (Wildman–Crippen LogP) is 3.70. The van der Waals surface area contributed by atoms with Crippen LogP contribution in [0.15, 0.2) is 23.3 Å². The standard InChI is InChI=1S/C15H24O/c1-9(2)12-6-5-10(3)15-13(8-12)11(4)7-14(15)16/h10-12,14,16H,1,5-8H2,2-4H3/t10-,11-,12+,14?/m0/s1. The molecule has 1 unspecified atom stereocenters. The van der Waals surface area contributed by atoms with Gasteiger partial charge in [0, 0.05) is 0 Å². The number of hydrogen-bond acceptors (Lipinski definition) is 1. The van der Waals surface area contributed by atoms with E-state index in [9.17, 15) is 5.11 Å². The number of hydrogen-bond donors (Lipinski definition) is 1. The van der Waals surface area contributed by atoms with Gasteiger partial charge in [0.1, 0.15) is 0 Å². The Morgan fingerprint density at radius 3 is 2.56 bits per heavy atom. The van der Waals surface area contributed by atoms with Gasteiger partial charge in [0.2, 0.25) is 0 Å². The molecule has 2 rings (SSSR count). The lowest BCUT2D eigenvalue weighted by molar-refractivity contribution is 0.189. The molecular weight excluding hydrogens is 196 g/mol. The van der Waals surface area contributed by atoms with Gasteiger partial charge in [-0.2, -0.15) is 0 Å². The number of aliphatic hydroxyl groups is 1. The summed E-state index contributed by atoms with van der Waals surface area (Å²) >= 11 is 0. The van der Waals surface area contributed by atoms with Crippen LogP contribution in [0.25, 0.3) is 0 Å². The minimum atomic E-state index is -0.163. The van der Waals surface area contributed by atoms with Crippen molar-refractivity contribution in [1.29, 1.82) is 0 Å². The summed E-state index contributed by atoms with van der Waals surface area (Å²) in [6.45, 7) is 10.8. The van der Waals surface area contributed by atoms with Crippen molar-refractivity contribution in [3.05, 3.63) is 23.3 Å². The van der Waals surface area contributed by atoms with Gasteiger partial charge in [0.05, 0.1) is 6.10 Å². The fourth-order valence-corrected chi connectivity index (χ4v) is 3.46. The first-order valence-electron chi connectivity index (χ1n) is 6.57. The molecule has 0 bridgehead atoms. The molecule has 0 aromatic rings. The Hall–Kier alpha value is -0.560. The van der Waals surface area contributed by atoms with Crippen LogP contribution in [0.5, 0.6) is 0 Å². The van der Waals surface area contributed by atoms with Crippen LogP contribution in [-0.4, -0.2) is 11.2 Å². The van der Waals surface area contributed by atoms with Gasteiger partial charge in [-0.05, 0) is 55.9 Å². The van der Waals surface area contributed by atoms with Gasteiger partial charge in [-0.1, -0.05) is 31.6 Å². The Labute approximate surface area is 99.3 Å². The molecule has 1 heteroatoms. The van der Waals surface area contributed by atoms with Crippen molar-refractivity contribution in [3.63, 3.8) is 0 Å². The van der Waals surface area contributed by atoms with Crippen LogP contribution < -0.4 is 0 Å². The number of rotatable bonds is 1. The topological polar surface area (TPSA) is 20.2 Å². The fourth-order valence-electron chi connectivity index (χ4n) is 3.46. The van der Waals surface area contributed by atoms with Crippen LogP contribution in [0.3, 0.4) is 0 Å². The second kappa shape index (κ2) is 4.37. The Morgan fingerprint density at radius 2 is 1.94 bits per heavy atom. The van der Waals surface area contributed by atoms with E-state index in [-0.39, 0.29) is 6.10 Å². The Kier molecular flexibility index (Phi) is 3.25. The maximum atomic E-state index is 10.1. The summed E-state index contributed by atoms with van der Waals surface area (Å²) in [6, 6.07) is 0. The van der Waals surface area contributed by atoms with Gasteiger partial charge in [0.15, 0.2) is 0 Å². The van der Waals surface area contributed by atoms with E-state index in [0.717, 1.165) is 12.8 Å². The minimum Gasteiger partial charge on any atom is -0.389 e. The molecule has 0 fully saturated rings. The Bertz CT molecular complexity index is 326. The third kappa shape index (κ3) is 1.98. The molecular formula is C15H24O. The fraction of sp³-hybridized carbons (Fsp3) is 0.733. The zero-order valence-corrected chi connectivity index (χ0v) is 10.8. The van der Waals surface area contributed by atoms with Gasteiger partial charge < -0.3 is 5.11 Å². The van der Waals surface area contributed by atoms with E-state index in [1.807, 2.05) is 0 Å². The van der Waals surface area contributed by atoms with Gasteiger partial charge >= 0.3 is 0 Å². The van der Waals surface area contributed by atoms with Crippen LogP contribution in [0.1, 0.15) is 46.5 Å². The molecule has 4 atom stereocenters. The molecule has 90 valence electrons. The molecule has 0 saturated carbocycles. The summed E-state index contributed by atoms with van der Waals surface area (Å²) in [5.41, 5.74) is 4.23. The van der Waals surface area contributed by atoms with Crippen LogP contribution in [0, 0.1) is 17.8 Å². The van der Waals surface area contributed by atoms with Gasteiger partial charge in [-0.25, -0.2) is 0 Å². The van der Waals surface area contributed by atoms with E-state index in [0.29, 0.717) is 17.8 Å². The zero-order valence-electron chi connectivity index (χ0n) is 10.8. The van der Waals surface area contributed by atoms with E-state index in [1.54, 1.807) is 5.57 Å². The molecule has 0 radical (unpaired) electrons. The van der Waals surface area contributed by atoms with Crippen molar-refractivity contribution in [2.75, 3.05) is 0 Å². The van der Waals surface area contributed by atoms with Gasteiger partial charge in [0.25, 0.3) is 0 Å². The quantitative estimate of drug-likeness (QED) is 0.668. The van der Waals surface area contributed by atoms with E-state index in [2.05, 4.69) is 27.4 Å². The number of allylic oxidation sites excluding steroid dienone is 2. The Morgan fingerprint density at radius 1 is 1.25 bits per heavy atom. The second-order valence-corrected chi connectivity index (χ2v) is 5.86. The van der Waals surface area contributed by atoms with E-state index < -0.39 is 0 Å². The smallest absolute Gasteiger partial charge is 0.0761 e. The Balaban J connectivity index is 2.29. The van der Waals surface area contributed by atoms with Crippen molar-refractivity contribution in [3.8, 4) is 0 Å². The lowest BCUT2D eigenvalue weighted by Gasteiger charge is -2.18. The monoisotopic (exact) mass is 220 g/mol.